The molecule has 0 saturated carbocycles. The van der Waals surface area contributed by atoms with Crippen molar-refractivity contribution < 1.29 is 14.1 Å². The van der Waals surface area contributed by atoms with Gasteiger partial charge in [0, 0.05) is 6.07 Å². The fraction of sp³-hybridized carbons (Fsp3) is 0.250. The smallest absolute Gasteiger partial charge is 0.261 e. The topological polar surface area (TPSA) is 84.2 Å². The number of rotatable bonds is 5. The largest absolute Gasteiger partial charge is 0.361 e. The minimum Gasteiger partial charge on any atom is -0.361 e. The molecule has 0 aliphatic carbocycles. The second-order valence-electron chi connectivity index (χ2n) is 3.99. The van der Waals surface area contributed by atoms with Gasteiger partial charge in [-0.05, 0) is 35.0 Å². The van der Waals surface area contributed by atoms with Crippen LogP contribution in [0.15, 0.2) is 26.5 Å². The number of nitrogens with zero attached hydrogens (tertiary/aromatic N) is 1. The maximum atomic E-state index is 11.7. The average Bonchev–Trinajstić information content (AvgIpc) is 3.02. The summed E-state index contributed by atoms with van der Waals surface area (Å²) in [4.78, 5) is 23.8. The highest BCUT2D eigenvalue weighted by molar-refractivity contribution is 9.11. The van der Waals surface area contributed by atoms with Gasteiger partial charge < -0.3 is 15.2 Å². The summed E-state index contributed by atoms with van der Waals surface area (Å²) in [5.74, 6) is 0.133. The fourth-order valence-electron chi connectivity index (χ4n) is 1.44. The Labute approximate surface area is 127 Å². The van der Waals surface area contributed by atoms with Crippen molar-refractivity contribution in [2.45, 2.75) is 13.5 Å². The summed E-state index contributed by atoms with van der Waals surface area (Å²) >= 11 is 4.59. The molecule has 0 saturated heterocycles. The van der Waals surface area contributed by atoms with E-state index in [9.17, 15) is 9.59 Å². The Morgan fingerprint density at radius 3 is 2.80 bits per heavy atom. The molecule has 0 aliphatic heterocycles. The summed E-state index contributed by atoms with van der Waals surface area (Å²) in [6, 6.07) is 5.22. The van der Waals surface area contributed by atoms with Crippen molar-refractivity contribution in [3.8, 4) is 0 Å². The van der Waals surface area contributed by atoms with E-state index in [2.05, 4.69) is 31.7 Å². The predicted octanol–water partition coefficient (Wildman–Crippen LogP) is 1.85. The minimum atomic E-state index is -0.283. The Balaban J connectivity index is 1.73. The number of hydrogen-bond acceptors (Lipinski definition) is 5. The molecular weight excluding hydrogens is 346 g/mol. The molecule has 6 nitrogen and oxygen atoms in total. The molecule has 0 bridgehead atoms. The lowest BCUT2D eigenvalue weighted by Crippen LogP contribution is -2.36. The van der Waals surface area contributed by atoms with Crippen molar-refractivity contribution in [1.29, 1.82) is 0 Å². The van der Waals surface area contributed by atoms with Crippen LogP contribution in [0.4, 0.5) is 0 Å². The Kier molecular flexibility index (Phi) is 4.91. The molecule has 20 heavy (non-hydrogen) atoms. The third-order valence-corrected chi connectivity index (χ3v) is 3.97. The Morgan fingerprint density at radius 1 is 1.40 bits per heavy atom. The van der Waals surface area contributed by atoms with Crippen LogP contribution >= 0.6 is 27.3 Å². The summed E-state index contributed by atoms with van der Waals surface area (Å²) in [7, 11) is 0. The Morgan fingerprint density at radius 2 is 2.20 bits per heavy atom. The van der Waals surface area contributed by atoms with Gasteiger partial charge in [-0.15, -0.1) is 11.3 Å². The highest BCUT2D eigenvalue weighted by Crippen LogP contribution is 2.21. The first-order chi connectivity index (χ1) is 9.54. The molecular formula is C12H12BrN3O3S. The molecule has 2 heterocycles. The number of carbonyl (C=O) groups excluding carboxylic acids is 2. The van der Waals surface area contributed by atoms with Gasteiger partial charge in [0.1, 0.15) is 11.5 Å². The van der Waals surface area contributed by atoms with Crippen LogP contribution in [0, 0.1) is 6.92 Å². The lowest BCUT2D eigenvalue weighted by atomic mass is 10.3. The monoisotopic (exact) mass is 357 g/mol. The van der Waals surface area contributed by atoms with Crippen molar-refractivity contribution in [2.75, 3.05) is 6.54 Å². The molecule has 0 unspecified atom stereocenters. The van der Waals surface area contributed by atoms with Gasteiger partial charge in [-0.1, -0.05) is 5.16 Å². The van der Waals surface area contributed by atoms with Gasteiger partial charge in [0.05, 0.1) is 21.8 Å². The molecule has 2 amide bonds. The summed E-state index contributed by atoms with van der Waals surface area (Å²) in [5, 5.41) is 8.94. The van der Waals surface area contributed by atoms with Gasteiger partial charge in [-0.25, -0.2) is 0 Å². The highest BCUT2D eigenvalue weighted by Gasteiger charge is 2.10. The molecule has 0 atom stereocenters. The fourth-order valence-corrected chi connectivity index (χ4v) is 2.74. The van der Waals surface area contributed by atoms with Crippen LogP contribution in [0.3, 0.4) is 0 Å². The van der Waals surface area contributed by atoms with Crippen molar-refractivity contribution in [1.82, 2.24) is 15.8 Å². The van der Waals surface area contributed by atoms with E-state index in [1.165, 1.54) is 11.3 Å². The summed E-state index contributed by atoms with van der Waals surface area (Å²) in [6.07, 6.45) is 0. The number of carbonyl (C=O) groups is 2. The van der Waals surface area contributed by atoms with E-state index < -0.39 is 0 Å². The summed E-state index contributed by atoms with van der Waals surface area (Å²) < 4.78 is 5.75. The number of nitrogens with one attached hydrogen (secondary N) is 2. The molecule has 0 aromatic carbocycles. The standard InChI is InChI=1S/C12H12BrN3O3S/c1-7-4-8(16-19-7)5-14-11(17)6-15-12(18)9-2-3-10(13)20-9/h2-4H,5-6H2,1H3,(H,14,17)(H,15,18). The van der Waals surface area contributed by atoms with Gasteiger partial charge in [0.25, 0.3) is 5.91 Å². The van der Waals surface area contributed by atoms with Crippen molar-refractivity contribution in [3.05, 3.63) is 38.3 Å². The molecule has 0 radical (unpaired) electrons. The lowest BCUT2D eigenvalue weighted by molar-refractivity contribution is -0.120. The minimum absolute atomic E-state index is 0.0782. The van der Waals surface area contributed by atoms with E-state index in [0.717, 1.165) is 3.79 Å². The first-order valence-corrected chi connectivity index (χ1v) is 7.38. The van der Waals surface area contributed by atoms with E-state index in [-0.39, 0.29) is 24.9 Å². The van der Waals surface area contributed by atoms with Gasteiger partial charge in [0.2, 0.25) is 5.91 Å². The molecule has 0 fully saturated rings. The van der Waals surface area contributed by atoms with E-state index in [4.69, 9.17) is 4.52 Å². The van der Waals surface area contributed by atoms with Gasteiger partial charge >= 0.3 is 0 Å². The number of aryl methyl sites for hydroxylation is 1. The van der Waals surface area contributed by atoms with Crippen LogP contribution in [-0.4, -0.2) is 23.5 Å². The Hall–Kier alpha value is -1.67. The lowest BCUT2D eigenvalue weighted by Gasteiger charge is -2.04. The van der Waals surface area contributed by atoms with E-state index in [0.29, 0.717) is 16.3 Å². The molecule has 2 N–H and O–H groups in total. The molecule has 0 aliphatic rings. The molecule has 2 aromatic rings. The molecule has 0 spiro atoms. The number of thiophene rings is 1. The molecule has 8 heteroatoms. The normalized spacial score (nSPS) is 10.3. The van der Waals surface area contributed by atoms with Crippen molar-refractivity contribution in [3.63, 3.8) is 0 Å². The highest BCUT2D eigenvalue weighted by atomic mass is 79.9. The van der Waals surface area contributed by atoms with Crippen LogP contribution in [0.1, 0.15) is 21.1 Å². The first kappa shape index (κ1) is 14.7. The van der Waals surface area contributed by atoms with Crippen LogP contribution in [0.25, 0.3) is 0 Å². The second-order valence-corrected chi connectivity index (χ2v) is 6.46. The number of amides is 2. The number of aromatic nitrogens is 1. The van der Waals surface area contributed by atoms with E-state index in [1.54, 1.807) is 25.1 Å². The zero-order valence-corrected chi connectivity index (χ0v) is 13.0. The molecule has 2 aromatic heterocycles. The predicted molar refractivity (Wildman–Crippen MR) is 77.4 cm³/mol. The second kappa shape index (κ2) is 6.67. The zero-order chi connectivity index (χ0) is 14.5. The van der Waals surface area contributed by atoms with Gasteiger partial charge in [-0.2, -0.15) is 0 Å². The van der Waals surface area contributed by atoms with Crippen molar-refractivity contribution >= 4 is 39.1 Å². The first-order valence-electron chi connectivity index (χ1n) is 5.77. The van der Waals surface area contributed by atoms with Crippen LogP contribution in [0.5, 0.6) is 0 Å². The van der Waals surface area contributed by atoms with Gasteiger partial charge in [0.15, 0.2) is 0 Å². The van der Waals surface area contributed by atoms with Crippen LogP contribution in [-0.2, 0) is 11.3 Å². The molecule has 2 rings (SSSR count). The summed E-state index contributed by atoms with van der Waals surface area (Å²) in [6.45, 7) is 1.97. The van der Waals surface area contributed by atoms with Gasteiger partial charge in [-0.3, -0.25) is 9.59 Å². The van der Waals surface area contributed by atoms with Crippen molar-refractivity contribution in [2.24, 2.45) is 0 Å². The Bertz CT molecular complexity index is 623. The SMILES string of the molecule is Cc1cc(CNC(=O)CNC(=O)c2ccc(Br)s2)no1. The van der Waals surface area contributed by atoms with Crippen LogP contribution < -0.4 is 10.6 Å². The number of halogens is 1. The number of hydrogen-bond donors (Lipinski definition) is 2. The zero-order valence-electron chi connectivity index (χ0n) is 10.6. The quantitative estimate of drug-likeness (QED) is 0.855. The maximum Gasteiger partial charge on any atom is 0.261 e. The third kappa shape index (κ3) is 4.17. The van der Waals surface area contributed by atoms with E-state index >= 15 is 0 Å². The average molecular weight is 358 g/mol. The third-order valence-electron chi connectivity index (χ3n) is 2.35. The van der Waals surface area contributed by atoms with Crippen LogP contribution in [0.2, 0.25) is 0 Å². The van der Waals surface area contributed by atoms with E-state index in [1.807, 2.05) is 0 Å². The maximum absolute atomic E-state index is 11.7. The molecule has 106 valence electrons. The summed E-state index contributed by atoms with van der Waals surface area (Å²) in [5.41, 5.74) is 0.643.